The van der Waals surface area contributed by atoms with Gasteiger partial charge in [-0.25, -0.2) is 4.98 Å². The Labute approximate surface area is 144 Å². The van der Waals surface area contributed by atoms with Gasteiger partial charge in [0, 0.05) is 16.6 Å². The molecule has 0 radical (unpaired) electrons. The summed E-state index contributed by atoms with van der Waals surface area (Å²) in [7, 11) is 1.64. The van der Waals surface area contributed by atoms with E-state index in [1.807, 2.05) is 36.6 Å². The van der Waals surface area contributed by atoms with Crippen molar-refractivity contribution in [2.45, 2.75) is 32.9 Å². The van der Waals surface area contributed by atoms with E-state index in [2.05, 4.69) is 34.3 Å². The molecule has 2 aromatic heterocycles. The zero-order valence-corrected chi connectivity index (χ0v) is 15.0. The molecule has 0 amide bonds. The third-order valence-corrected chi connectivity index (χ3v) is 4.92. The molecule has 7 heteroatoms. The molecule has 0 aliphatic carbocycles. The van der Waals surface area contributed by atoms with Gasteiger partial charge in [0.25, 0.3) is 0 Å². The second-order valence-corrected chi connectivity index (χ2v) is 6.86. The second-order valence-electron chi connectivity index (χ2n) is 6.00. The Morgan fingerprint density at radius 2 is 1.96 bits per heavy atom. The van der Waals surface area contributed by atoms with Crippen LogP contribution < -0.4 is 10.1 Å². The first-order chi connectivity index (χ1) is 11.5. The maximum atomic E-state index is 5.74. The van der Waals surface area contributed by atoms with Crippen LogP contribution in [-0.4, -0.2) is 22.3 Å². The minimum atomic E-state index is -0.256. The van der Waals surface area contributed by atoms with Crippen molar-refractivity contribution in [1.29, 1.82) is 0 Å². The van der Waals surface area contributed by atoms with Crippen molar-refractivity contribution in [2.24, 2.45) is 0 Å². The number of aromatic nitrogens is 3. The summed E-state index contributed by atoms with van der Waals surface area (Å²) in [4.78, 5) is 4.54. The predicted octanol–water partition coefficient (Wildman–Crippen LogP) is 3.54. The molecule has 0 aliphatic rings. The number of nitrogens with one attached hydrogen (secondary N) is 1. The molecule has 6 nitrogen and oxygen atoms in total. The number of methoxy groups -OCH3 is 1. The van der Waals surface area contributed by atoms with Crippen LogP contribution in [0.1, 0.15) is 30.4 Å². The van der Waals surface area contributed by atoms with Crippen molar-refractivity contribution in [3.8, 4) is 17.2 Å². The number of hydrogen-bond donors (Lipinski definition) is 1. The molecule has 3 rings (SSSR count). The van der Waals surface area contributed by atoms with Gasteiger partial charge in [0.2, 0.25) is 11.8 Å². The molecule has 126 valence electrons. The Morgan fingerprint density at radius 3 is 2.58 bits per heavy atom. The Hall–Kier alpha value is -2.25. The topological polar surface area (TPSA) is 73.1 Å². The van der Waals surface area contributed by atoms with Gasteiger partial charge in [-0.05, 0) is 45.0 Å². The molecule has 0 saturated heterocycles. The van der Waals surface area contributed by atoms with Crippen LogP contribution in [0.5, 0.6) is 5.75 Å². The Balaban J connectivity index is 1.67. The van der Waals surface area contributed by atoms with Crippen molar-refractivity contribution >= 4 is 11.3 Å². The minimum absolute atomic E-state index is 0.256. The minimum Gasteiger partial charge on any atom is -0.497 e. The maximum absolute atomic E-state index is 5.74. The number of nitrogens with zero attached hydrogens (tertiary/aromatic N) is 3. The van der Waals surface area contributed by atoms with E-state index in [9.17, 15) is 0 Å². The van der Waals surface area contributed by atoms with E-state index in [4.69, 9.17) is 9.15 Å². The van der Waals surface area contributed by atoms with Gasteiger partial charge in [0.15, 0.2) is 0 Å². The van der Waals surface area contributed by atoms with E-state index < -0.39 is 0 Å². The summed E-state index contributed by atoms with van der Waals surface area (Å²) in [6, 6.07) is 7.52. The monoisotopic (exact) mass is 344 g/mol. The van der Waals surface area contributed by atoms with Crippen LogP contribution in [0.2, 0.25) is 0 Å². The summed E-state index contributed by atoms with van der Waals surface area (Å²) < 4.78 is 10.9. The van der Waals surface area contributed by atoms with E-state index in [1.54, 1.807) is 18.4 Å². The fraction of sp³-hybridized carbons (Fsp3) is 0.353. The zero-order valence-electron chi connectivity index (χ0n) is 14.2. The highest BCUT2D eigenvalue weighted by Gasteiger charge is 2.24. The smallest absolute Gasteiger partial charge is 0.247 e. The summed E-state index contributed by atoms with van der Waals surface area (Å²) in [6.07, 6.45) is 0. The van der Waals surface area contributed by atoms with E-state index in [0.29, 0.717) is 18.3 Å². The first-order valence-electron chi connectivity index (χ1n) is 7.62. The standard InChI is InChI=1S/C17H20N4O2S/c1-11-10-24-16(19-11)17(2,3)18-9-14-20-21-15(23-14)12-5-7-13(22-4)8-6-12/h5-8,10,18H,9H2,1-4H3. The molecule has 0 fully saturated rings. The molecule has 0 bridgehead atoms. The lowest BCUT2D eigenvalue weighted by Crippen LogP contribution is -2.36. The van der Waals surface area contributed by atoms with E-state index in [0.717, 1.165) is 22.0 Å². The van der Waals surface area contributed by atoms with Crippen LogP contribution in [0.4, 0.5) is 0 Å². The highest BCUT2D eigenvalue weighted by atomic mass is 32.1. The number of aryl methyl sites for hydroxylation is 1. The molecular weight excluding hydrogens is 324 g/mol. The van der Waals surface area contributed by atoms with Gasteiger partial charge < -0.3 is 9.15 Å². The third kappa shape index (κ3) is 3.63. The van der Waals surface area contributed by atoms with Crippen LogP contribution >= 0.6 is 11.3 Å². The van der Waals surface area contributed by atoms with Crippen molar-refractivity contribution in [3.05, 3.63) is 46.2 Å². The molecule has 2 heterocycles. The van der Waals surface area contributed by atoms with Gasteiger partial charge in [0.05, 0.1) is 19.2 Å². The summed E-state index contributed by atoms with van der Waals surface area (Å²) in [5, 5.41) is 14.7. The molecule has 0 spiro atoms. The SMILES string of the molecule is COc1ccc(-c2nnc(CNC(C)(C)c3nc(C)cs3)o2)cc1. The van der Waals surface area contributed by atoms with Gasteiger partial charge in [-0.1, -0.05) is 0 Å². The molecule has 1 N–H and O–H groups in total. The van der Waals surface area contributed by atoms with Gasteiger partial charge in [-0.15, -0.1) is 21.5 Å². The fourth-order valence-electron chi connectivity index (χ4n) is 2.19. The number of rotatable bonds is 6. The van der Waals surface area contributed by atoms with E-state index in [-0.39, 0.29) is 5.54 Å². The van der Waals surface area contributed by atoms with Crippen LogP contribution in [0.15, 0.2) is 34.1 Å². The Bertz CT molecular complexity index is 808. The number of thiazole rings is 1. The normalized spacial score (nSPS) is 11.7. The Kier molecular flexibility index (Phi) is 4.64. The highest BCUT2D eigenvalue weighted by Crippen LogP contribution is 2.25. The summed E-state index contributed by atoms with van der Waals surface area (Å²) >= 11 is 1.65. The lowest BCUT2D eigenvalue weighted by molar-refractivity contribution is 0.365. The third-order valence-electron chi connectivity index (χ3n) is 3.64. The number of hydrogen-bond acceptors (Lipinski definition) is 7. The number of ether oxygens (including phenoxy) is 1. The van der Waals surface area contributed by atoms with Gasteiger partial charge in [-0.2, -0.15) is 0 Å². The first-order valence-corrected chi connectivity index (χ1v) is 8.50. The van der Waals surface area contributed by atoms with Crippen molar-refractivity contribution < 1.29 is 9.15 Å². The maximum Gasteiger partial charge on any atom is 0.247 e. The molecule has 0 saturated carbocycles. The van der Waals surface area contributed by atoms with Crippen molar-refractivity contribution in [3.63, 3.8) is 0 Å². The second kappa shape index (κ2) is 6.70. The lowest BCUT2D eigenvalue weighted by Gasteiger charge is -2.22. The summed E-state index contributed by atoms with van der Waals surface area (Å²) in [5.41, 5.74) is 1.64. The van der Waals surface area contributed by atoms with Gasteiger partial charge >= 0.3 is 0 Å². The molecule has 0 atom stereocenters. The average Bonchev–Trinajstić information content (AvgIpc) is 3.22. The number of benzene rings is 1. The first kappa shape index (κ1) is 16.6. The lowest BCUT2D eigenvalue weighted by atomic mass is 10.1. The summed E-state index contributed by atoms with van der Waals surface area (Å²) in [5.74, 6) is 1.83. The van der Waals surface area contributed by atoms with Crippen LogP contribution in [-0.2, 0) is 12.1 Å². The fourth-order valence-corrected chi connectivity index (χ4v) is 3.09. The molecule has 0 unspecified atom stereocenters. The van der Waals surface area contributed by atoms with Crippen LogP contribution in [0.3, 0.4) is 0 Å². The molecule has 24 heavy (non-hydrogen) atoms. The quantitative estimate of drug-likeness (QED) is 0.737. The molecular formula is C17H20N4O2S. The van der Waals surface area contributed by atoms with E-state index in [1.165, 1.54) is 0 Å². The Morgan fingerprint density at radius 1 is 1.21 bits per heavy atom. The largest absolute Gasteiger partial charge is 0.497 e. The van der Waals surface area contributed by atoms with Crippen LogP contribution in [0, 0.1) is 6.92 Å². The predicted molar refractivity (Wildman–Crippen MR) is 93.0 cm³/mol. The van der Waals surface area contributed by atoms with Crippen LogP contribution in [0.25, 0.3) is 11.5 Å². The van der Waals surface area contributed by atoms with Gasteiger partial charge in [-0.3, -0.25) is 5.32 Å². The van der Waals surface area contributed by atoms with Gasteiger partial charge in [0.1, 0.15) is 10.8 Å². The van der Waals surface area contributed by atoms with E-state index >= 15 is 0 Å². The summed E-state index contributed by atoms with van der Waals surface area (Å²) in [6.45, 7) is 6.65. The molecule has 0 aliphatic heterocycles. The zero-order chi connectivity index (χ0) is 17.2. The molecule has 1 aromatic carbocycles. The average molecular weight is 344 g/mol. The van der Waals surface area contributed by atoms with Crippen molar-refractivity contribution in [2.75, 3.05) is 7.11 Å². The highest BCUT2D eigenvalue weighted by molar-refractivity contribution is 7.09. The van der Waals surface area contributed by atoms with Crippen molar-refractivity contribution in [1.82, 2.24) is 20.5 Å². The molecule has 3 aromatic rings.